The first-order valence-corrected chi connectivity index (χ1v) is 6.18. The fourth-order valence-electron chi connectivity index (χ4n) is 1.60. The summed E-state index contributed by atoms with van der Waals surface area (Å²) in [6.07, 6.45) is 1.79. The minimum atomic E-state index is 0.125. The van der Waals surface area contributed by atoms with Crippen molar-refractivity contribution in [2.24, 2.45) is 0 Å². The second-order valence-corrected chi connectivity index (χ2v) is 4.77. The lowest BCUT2D eigenvalue weighted by Gasteiger charge is -2.16. The van der Waals surface area contributed by atoms with Gasteiger partial charge in [0.1, 0.15) is 0 Å². The molecule has 0 saturated heterocycles. The summed E-state index contributed by atoms with van der Waals surface area (Å²) in [5.74, 6) is 0. The van der Waals surface area contributed by atoms with Crippen molar-refractivity contribution >= 4 is 27.3 Å². The summed E-state index contributed by atoms with van der Waals surface area (Å²) in [5.41, 5.74) is 8.58. The molecule has 0 aliphatic heterocycles. The van der Waals surface area contributed by atoms with Crippen LogP contribution in [0.15, 0.2) is 47.1 Å². The Labute approximate surface area is 109 Å². The SMILES string of the molecule is CC(Nc1ccc(Br)cc1N)c1ccccn1. The Hall–Kier alpha value is -1.55. The molecule has 0 saturated carbocycles. The van der Waals surface area contributed by atoms with E-state index in [0.717, 1.165) is 21.5 Å². The second-order valence-electron chi connectivity index (χ2n) is 3.85. The summed E-state index contributed by atoms with van der Waals surface area (Å²) in [7, 11) is 0. The van der Waals surface area contributed by atoms with Crippen molar-refractivity contribution < 1.29 is 0 Å². The molecule has 1 aromatic carbocycles. The molecule has 2 aromatic rings. The predicted octanol–water partition coefficient (Wildman–Crippen LogP) is 3.60. The number of hydrogen-bond donors (Lipinski definition) is 2. The highest BCUT2D eigenvalue weighted by Gasteiger charge is 2.07. The monoisotopic (exact) mass is 291 g/mol. The lowest BCUT2D eigenvalue weighted by molar-refractivity contribution is 0.840. The van der Waals surface area contributed by atoms with Crippen LogP contribution in [0.4, 0.5) is 11.4 Å². The van der Waals surface area contributed by atoms with Crippen molar-refractivity contribution in [2.75, 3.05) is 11.1 Å². The van der Waals surface area contributed by atoms with Crippen LogP contribution >= 0.6 is 15.9 Å². The molecule has 0 radical (unpaired) electrons. The summed E-state index contributed by atoms with van der Waals surface area (Å²) in [4.78, 5) is 4.31. The molecule has 1 heterocycles. The maximum atomic E-state index is 5.93. The molecule has 0 fully saturated rings. The van der Waals surface area contributed by atoms with Gasteiger partial charge in [-0.1, -0.05) is 22.0 Å². The Bertz CT molecular complexity index is 499. The van der Waals surface area contributed by atoms with Gasteiger partial charge in [0.15, 0.2) is 0 Å². The van der Waals surface area contributed by atoms with Crippen LogP contribution in [0.3, 0.4) is 0 Å². The lowest BCUT2D eigenvalue weighted by atomic mass is 10.2. The van der Waals surface area contributed by atoms with E-state index in [4.69, 9.17) is 5.73 Å². The van der Waals surface area contributed by atoms with Crippen molar-refractivity contribution in [3.63, 3.8) is 0 Å². The molecule has 1 aromatic heterocycles. The number of halogens is 1. The molecule has 0 bridgehead atoms. The molecule has 0 spiro atoms. The highest BCUT2D eigenvalue weighted by molar-refractivity contribution is 9.10. The van der Waals surface area contributed by atoms with E-state index in [-0.39, 0.29) is 6.04 Å². The van der Waals surface area contributed by atoms with E-state index in [0.29, 0.717) is 0 Å². The van der Waals surface area contributed by atoms with Gasteiger partial charge in [0, 0.05) is 10.7 Å². The molecule has 2 rings (SSSR count). The Morgan fingerprint density at radius 3 is 2.76 bits per heavy atom. The number of nitrogen functional groups attached to an aromatic ring is 1. The molecular weight excluding hydrogens is 278 g/mol. The van der Waals surface area contributed by atoms with Crippen LogP contribution in [0.25, 0.3) is 0 Å². The Balaban J connectivity index is 2.16. The summed E-state index contributed by atoms with van der Waals surface area (Å²) >= 11 is 3.39. The van der Waals surface area contributed by atoms with Gasteiger partial charge in [-0.3, -0.25) is 4.98 Å². The molecule has 1 unspecified atom stereocenters. The highest BCUT2D eigenvalue weighted by atomic mass is 79.9. The summed E-state index contributed by atoms with van der Waals surface area (Å²) < 4.78 is 0.978. The zero-order valence-electron chi connectivity index (χ0n) is 9.52. The average molecular weight is 292 g/mol. The number of pyridine rings is 1. The molecule has 88 valence electrons. The minimum absolute atomic E-state index is 0.125. The van der Waals surface area contributed by atoms with E-state index < -0.39 is 0 Å². The molecular formula is C13H14BrN3. The number of nitrogens with two attached hydrogens (primary N) is 1. The van der Waals surface area contributed by atoms with Crippen molar-refractivity contribution in [1.29, 1.82) is 0 Å². The normalized spacial score (nSPS) is 12.1. The lowest BCUT2D eigenvalue weighted by Crippen LogP contribution is -2.09. The maximum Gasteiger partial charge on any atom is 0.0657 e. The molecule has 3 nitrogen and oxygen atoms in total. The van der Waals surface area contributed by atoms with E-state index in [9.17, 15) is 0 Å². The zero-order chi connectivity index (χ0) is 12.3. The van der Waals surface area contributed by atoms with Gasteiger partial charge in [0.2, 0.25) is 0 Å². The predicted molar refractivity (Wildman–Crippen MR) is 74.8 cm³/mol. The first-order valence-electron chi connectivity index (χ1n) is 5.39. The molecule has 0 amide bonds. The quantitative estimate of drug-likeness (QED) is 0.850. The summed E-state index contributed by atoms with van der Waals surface area (Å²) in [6, 6.07) is 11.8. The average Bonchev–Trinajstić information content (AvgIpc) is 2.34. The van der Waals surface area contributed by atoms with E-state index in [1.165, 1.54) is 0 Å². The molecule has 17 heavy (non-hydrogen) atoms. The smallest absolute Gasteiger partial charge is 0.0657 e. The molecule has 3 N–H and O–H groups in total. The molecule has 0 aliphatic rings. The number of nitrogens with zero attached hydrogens (tertiary/aromatic N) is 1. The first kappa shape index (κ1) is 11.9. The van der Waals surface area contributed by atoms with E-state index in [1.54, 1.807) is 6.20 Å². The van der Waals surface area contributed by atoms with Crippen LogP contribution in [-0.2, 0) is 0 Å². The standard InChI is InChI=1S/C13H14BrN3/c1-9(12-4-2-3-7-16-12)17-13-6-5-10(14)8-11(13)15/h2-9,17H,15H2,1H3. The van der Waals surface area contributed by atoms with Gasteiger partial charge in [-0.2, -0.15) is 0 Å². The van der Waals surface area contributed by atoms with Crippen LogP contribution in [0.2, 0.25) is 0 Å². The molecule has 4 heteroatoms. The van der Waals surface area contributed by atoms with Gasteiger partial charge < -0.3 is 11.1 Å². The van der Waals surface area contributed by atoms with Gasteiger partial charge >= 0.3 is 0 Å². The molecule has 1 atom stereocenters. The Kier molecular flexibility index (Phi) is 3.64. The number of anilines is 2. The van der Waals surface area contributed by atoms with Crippen LogP contribution in [-0.4, -0.2) is 4.98 Å². The van der Waals surface area contributed by atoms with Gasteiger partial charge in [-0.05, 0) is 37.3 Å². The third-order valence-corrected chi connectivity index (χ3v) is 3.01. The van der Waals surface area contributed by atoms with Gasteiger partial charge in [0.25, 0.3) is 0 Å². The molecule has 0 aliphatic carbocycles. The van der Waals surface area contributed by atoms with Crippen LogP contribution < -0.4 is 11.1 Å². The van der Waals surface area contributed by atoms with E-state index >= 15 is 0 Å². The van der Waals surface area contributed by atoms with Crippen molar-refractivity contribution in [1.82, 2.24) is 4.98 Å². The number of aromatic nitrogens is 1. The number of hydrogen-bond acceptors (Lipinski definition) is 3. The number of nitrogens with one attached hydrogen (secondary N) is 1. The Morgan fingerprint density at radius 1 is 1.29 bits per heavy atom. The fraction of sp³-hybridized carbons (Fsp3) is 0.154. The topological polar surface area (TPSA) is 50.9 Å². The summed E-state index contributed by atoms with van der Waals surface area (Å²) in [5, 5.41) is 3.35. The highest BCUT2D eigenvalue weighted by Crippen LogP contribution is 2.26. The third kappa shape index (κ3) is 2.97. The van der Waals surface area contributed by atoms with Gasteiger partial charge in [-0.25, -0.2) is 0 Å². The van der Waals surface area contributed by atoms with Crippen molar-refractivity contribution in [3.8, 4) is 0 Å². The third-order valence-electron chi connectivity index (χ3n) is 2.52. The summed E-state index contributed by atoms with van der Waals surface area (Å²) in [6.45, 7) is 2.06. The second kappa shape index (κ2) is 5.19. The van der Waals surface area contributed by atoms with Gasteiger partial charge in [0.05, 0.1) is 23.1 Å². The number of rotatable bonds is 3. The van der Waals surface area contributed by atoms with Gasteiger partial charge in [-0.15, -0.1) is 0 Å². The number of benzene rings is 1. The first-order chi connectivity index (χ1) is 8.16. The van der Waals surface area contributed by atoms with Crippen molar-refractivity contribution in [2.45, 2.75) is 13.0 Å². The fourth-order valence-corrected chi connectivity index (χ4v) is 1.98. The Morgan fingerprint density at radius 2 is 2.12 bits per heavy atom. The maximum absolute atomic E-state index is 5.93. The van der Waals surface area contributed by atoms with E-state index in [1.807, 2.05) is 36.4 Å². The largest absolute Gasteiger partial charge is 0.397 e. The minimum Gasteiger partial charge on any atom is -0.397 e. The zero-order valence-corrected chi connectivity index (χ0v) is 11.1. The van der Waals surface area contributed by atoms with Crippen molar-refractivity contribution in [3.05, 3.63) is 52.8 Å². The van der Waals surface area contributed by atoms with Crippen LogP contribution in [0.1, 0.15) is 18.7 Å². The van der Waals surface area contributed by atoms with Crippen LogP contribution in [0, 0.1) is 0 Å². The van der Waals surface area contributed by atoms with E-state index in [2.05, 4.69) is 33.2 Å². The van der Waals surface area contributed by atoms with Crippen LogP contribution in [0.5, 0.6) is 0 Å².